The van der Waals surface area contributed by atoms with Crippen molar-refractivity contribution in [2.75, 3.05) is 13.2 Å². The molecule has 1 aliphatic carbocycles. The van der Waals surface area contributed by atoms with E-state index in [0.29, 0.717) is 6.54 Å². The normalized spacial score (nSPS) is 25.4. The first-order valence-electron chi connectivity index (χ1n) is 13.2. The lowest BCUT2D eigenvalue weighted by atomic mass is 9.69. The van der Waals surface area contributed by atoms with Gasteiger partial charge in [-0.25, -0.2) is 0 Å². The lowest BCUT2D eigenvalue weighted by molar-refractivity contribution is -0.156. The van der Waals surface area contributed by atoms with Gasteiger partial charge in [0.1, 0.15) is 6.04 Å². The quantitative estimate of drug-likeness (QED) is 0.380. The Kier molecular flexibility index (Phi) is 8.77. The minimum absolute atomic E-state index is 0.147. The number of aliphatic hydroxyl groups excluding tert-OH is 1. The Morgan fingerprint density at radius 1 is 1.03 bits per heavy atom. The first-order valence-corrected chi connectivity index (χ1v) is 13.2. The summed E-state index contributed by atoms with van der Waals surface area (Å²) in [6.45, 7) is 3.99. The summed E-state index contributed by atoms with van der Waals surface area (Å²) in [6.07, 6.45) is 5.51. The third kappa shape index (κ3) is 5.47. The van der Waals surface area contributed by atoms with Crippen LogP contribution in [-0.2, 0) is 25.7 Å². The van der Waals surface area contributed by atoms with Crippen molar-refractivity contribution in [2.45, 2.75) is 45.3 Å². The molecule has 0 unspecified atom stereocenters. The maximum atomic E-state index is 14.2. The number of hydrogen-bond acceptors (Lipinski definition) is 5. The topological polar surface area (TPSA) is 95.9 Å². The highest BCUT2D eigenvalue weighted by atomic mass is 16.5. The van der Waals surface area contributed by atoms with E-state index < -0.39 is 35.8 Å². The SMILES string of the molecule is CCC[C@@H]1C=C[C@H]2[C@@H](C(=O)N([C@H](CO)c3ccccc3)[C@@H]2C(=O)NCc2ccccc2)[C@@H]1C(=O)OCC. The Bertz CT molecular complexity index is 1100. The summed E-state index contributed by atoms with van der Waals surface area (Å²) in [4.78, 5) is 42.6. The van der Waals surface area contributed by atoms with Crippen LogP contribution in [0.2, 0.25) is 0 Å². The van der Waals surface area contributed by atoms with Gasteiger partial charge in [-0.15, -0.1) is 0 Å². The molecule has 0 saturated carbocycles. The molecule has 7 nitrogen and oxygen atoms in total. The second kappa shape index (κ2) is 12.2. The molecule has 2 N–H and O–H groups in total. The first-order chi connectivity index (χ1) is 18.0. The molecule has 2 amide bonds. The summed E-state index contributed by atoms with van der Waals surface area (Å²) in [5.74, 6) is -3.07. The summed E-state index contributed by atoms with van der Waals surface area (Å²) in [6, 6.07) is 17.2. The van der Waals surface area contributed by atoms with Gasteiger partial charge in [0.15, 0.2) is 0 Å². The molecule has 0 aromatic heterocycles. The van der Waals surface area contributed by atoms with E-state index in [1.54, 1.807) is 6.92 Å². The Hall–Kier alpha value is -3.45. The minimum Gasteiger partial charge on any atom is -0.466 e. The van der Waals surface area contributed by atoms with Gasteiger partial charge in [-0.1, -0.05) is 86.2 Å². The number of carbonyl (C=O) groups excluding carboxylic acids is 3. The van der Waals surface area contributed by atoms with Gasteiger partial charge < -0.3 is 20.1 Å². The lowest BCUT2D eigenvalue weighted by Crippen LogP contribution is -2.49. The van der Waals surface area contributed by atoms with E-state index in [4.69, 9.17) is 4.74 Å². The molecule has 37 heavy (non-hydrogen) atoms. The molecule has 7 heteroatoms. The van der Waals surface area contributed by atoms with Crippen molar-refractivity contribution >= 4 is 17.8 Å². The molecule has 2 aromatic rings. The minimum atomic E-state index is -0.866. The van der Waals surface area contributed by atoms with Crippen LogP contribution < -0.4 is 5.32 Å². The number of carbonyl (C=O) groups is 3. The molecule has 1 saturated heterocycles. The van der Waals surface area contributed by atoms with Crippen molar-refractivity contribution in [3.63, 3.8) is 0 Å². The number of aliphatic hydroxyl groups is 1. The fourth-order valence-electron chi connectivity index (χ4n) is 5.87. The van der Waals surface area contributed by atoms with E-state index in [0.717, 1.165) is 24.0 Å². The Balaban J connectivity index is 1.74. The summed E-state index contributed by atoms with van der Waals surface area (Å²) >= 11 is 0. The summed E-state index contributed by atoms with van der Waals surface area (Å²) in [5.41, 5.74) is 1.68. The van der Waals surface area contributed by atoms with Crippen LogP contribution in [0.15, 0.2) is 72.8 Å². The van der Waals surface area contributed by atoms with E-state index in [2.05, 4.69) is 5.32 Å². The molecule has 1 heterocycles. The number of allylic oxidation sites excluding steroid dienone is 1. The van der Waals surface area contributed by atoms with E-state index in [-0.39, 0.29) is 30.9 Å². The summed E-state index contributed by atoms with van der Waals surface area (Å²) in [7, 11) is 0. The zero-order valence-corrected chi connectivity index (χ0v) is 21.5. The highest BCUT2D eigenvalue weighted by Crippen LogP contribution is 2.48. The molecular formula is C30H36N2O5. The number of esters is 1. The van der Waals surface area contributed by atoms with Crippen molar-refractivity contribution in [1.29, 1.82) is 0 Å². The molecule has 2 aromatic carbocycles. The average molecular weight is 505 g/mol. The van der Waals surface area contributed by atoms with Gasteiger partial charge in [0.25, 0.3) is 0 Å². The molecule has 1 fully saturated rings. The van der Waals surface area contributed by atoms with Crippen LogP contribution >= 0.6 is 0 Å². The maximum Gasteiger partial charge on any atom is 0.310 e. The Morgan fingerprint density at radius 2 is 1.70 bits per heavy atom. The molecule has 2 aliphatic rings. The molecule has 4 rings (SSSR count). The van der Waals surface area contributed by atoms with E-state index in [1.165, 1.54) is 4.90 Å². The molecule has 0 radical (unpaired) electrons. The van der Waals surface area contributed by atoms with Gasteiger partial charge >= 0.3 is 5.97 Å². The number of benzene rings is 2. The van der Waals surface area contributed by atoms with Gasteiger partial charge in [-0.05, 0) is 30.4 Å². The highest BCUT2D eigenvalue weighted by Gasteiger charge is 2.59. The zero-order valence-electron chi connectivity index (χ0n) is 21.5. The van der Waals surface area contributed by atoms with Crippen LogP contribution in [0.25, 0.3) is 0 Å². The van der Waals surface area contributed by atoms with Crippen LogP contribution in [0.5, 0.6) is 0 Å². The van der Waals surface area contributed by atoms with Gasteiger partial charge in [0.2, 0.25) is 11.8 Å². The number of hydrogen-bond donors (Lipinski definition) is 2. The Labute approximate surface area is 218 Å². The van der Waals surface area contributed by atoms with Gasteiger partial charge in [-0.2, -0.15) is 0 Å². The maximum absolute atomic E-state index is 14.2. The standard InChI is InChI=1S/C30H36N2O5/c1-3-11-22-16-17-23-26(25(22)30(36)37-4-2)29(35)32(24(19-33)21-14-9-6-10-15-21)27(23)28(34)31-18-20-12-7-5-8-13-20/h5-10,12-17,22-27,33H,3-4,11,18-19H2,1-2H3,(H,31,34)/t22-,23+,24-,25-,26-,27+/m1/s1. The first kappa shape index (κ1) is 26.6. The number of fused-ring (bicyclic) bond motifs is 1. The molecule has 6 atom stereocenters. The third-order valence-corrected chi connectivity index (χ3v) is 7.50. The molecule has 1 aliphatic heterocycles. The monoisotopic (exact) mass is 504 g/mol. The van der Waals surface area contributed by atoms with Crippen molar-refractivity contribution < 1.29 is 24.2 Å². The van der Waals surface area contributed by atoms with Gasteiger partial charge in [0.05, 0.1) is 31.1 Å². The number of rotatable bonds is 10. The second-order valence-corrected chi connectivity index (χ2v) is 9.72. The fourth-order valence-corrected chi connectivity index (χ4v) is 5.87. The van der Waals surface area contributed by atoms with Crippen molar-refractivity contribution in [3.8, 4) is 0 Å². The van der Waals surface area contributed by atoms with E-state index in [1.807, 2.05) is 79.7 Å². The average Bonchev–Trinajstić information content (AvgIpc) is 3.21. The fraction of sp³-hybridized carbons (Fsp3) is 0.433. The number of ether oxygens (including phenoxy) is 1. The predicted molar refractivity (Wildman–Crippen MR) is 140 cm³/mol. The largest absolute Gasteiger partial charge is 0.466 e. The van der Waals surface area contributed by atoms with Crippen LogP contribution in [0.1, 0.15) is 43.9 Å². The number of likely N-dealkylation sites (tertiary alicyclic amines) is 1. The highest BCUT2D eigenvalue weighted by molar-refractivity contribution is 5.96. The van der Waals surface area contributed by atoms with Crippen LogP contribution in [0.3, 0.4) is 0 Å². The smallest absolute Gasteiger partial charge is 0.310 e. The van der Waals surface area contributed by atoms with Crippen molar-refractivity contribution in [2.24, 2.45) is 23.7 Å². The predicted octanol–water partition coefficient (Wildman–Crippen LogP) is 3.65. The van der Waals surface area contributed by atoms with Crippen molar-refractivity contribution in [1.82, 2.24) is 10.2 Å². The van der Waals surface area contributed by atoms with Crippen LogP contribution in [0.4, 0.5) is 0 Å². The lowest BCUT2D eigenvalue weighted by Gasteiger charge is -2.34. The zero-order chi connectivity index (χ0) is 26.4. The second-order valence-electron chi connectivity index (χ2n) is 9.72. The summed E-state index contributed by atoms with van der Waals surface area (Å²) in [5, 5.41) is 13.5. The molecule has 0 spiro atoms. The number of amides is 2. The van der Waals surface area contributed by atoms with Crippen LogP contribution in [0, 0.1) is 23.7 Å². The van der Waals surface area contributed by atoms with E-state index >= 15 is 0 Å². The molecule has 0 bridgehead atoms. The molecule has 196 valence electrons. The Morgan fingerprint density at radius 3 is 2.32 bits per heavy atom. The summed E-state index contributed by atoms with van der Waals surface area (Å²) < 4.78 is 5.43. The van der Waals surface area contributed by atoms with Gasteiger partial charge in [-0.3, -0.25) is 14.4 Å². The third-order valence-electron chi connectivity index (χ3n) is 7.50. The van der Waals surface area contributed by atoms with Crippen molar-refractivity contribution in [3.05, 3.63) is 83.9 Å². The number of nitrogens with zero attached hydrogens (tertiary/aromatic N) is 1. The number of nitrogens with one attached hydrogen (secondary N) is 1. The van der Waals surface area contributed by atoms with Gasteiger partial charge in [0, 0.05) is 12.5 Å². The van der Waals surface area contributed by atoms with E-state index in [9.17, 15) is 19.5 Å². The van der Waals surface area contributed by atoms with Crippen LogP contribution in [-0.4, -0.2) is 47.0 Å². The molecular weight excluding hydrogens is 468 g/mol.